The first-order valence-electron chi connectivity index (χ1n) is 37.8. The van der Waals surface area contributed by atoms with E-state index >= 15 is 0 Å². The predicted octanol–water partition coefficient (Wildman–Crippen LogP) is 21.0. The van der Waals surface area contributed by atoms with E-state index in [2.05, 4.69) is 48.5 Å². The Labute approximate surface area is 562 Å². The summed E-state index contributed by atoms with van der Waals surface area (Å²) in [6.45, 7) is 11.9. The van der Waals surface area contributed by atoms with Crippen LogP contribution in [0.15, 0.2) is 0 Å². The molecule has 546 valence electrons. The molecule has 19 heteroatoms. The average Bonchev–Trinajstić information content (AvgIpc) is 1.52. The van der Waals surface area contributed by atoms with Crippen molar-refractivity contribution < 1.29 is 80.2 Å². The summed E-state index contributed by atoms with van der Waals surface area (Å²) in [6.07, 6.45) is 48.5. The Bertz CT molecular complexity index is 1800. The number of esters is 4. The number of ether oxygens (including phenoxy) is 4. The number of unbranched alkanes of at least 4 members (excludes halogenated alkanes) is 39. The van der Waals surface area contributed by atoms with Crippen molar-refractivity contribution in [1.82, 2.24) is 0 Å². The fourth-order valence-electron chi connectivity index (χ4n) is 11.1. The zero-order chi connectivity index (χ0) is 68.0. The maximum Gasteiger partial charge on any atom is 0.472 e. The van der Waals surface area contributed by atoms with Crippen molar-refractivity contribution in [3.63, 3.8) is 0 Å². The fraction of sp³-hybridized carbons (Fsp3) is 0.945. The molecule has 0 aliphatic carbocycles. The second-order valence-electron chi connectivity index (χ2n) is 27.8. The molecule has 0 aromatic heterocycles. The van der Waals surface area contributed by atoms with E-state index in [1.165, 1.54) is 180 Å². The summed E-state index contributed by atoms with van der Waals surface area (Å²) in [6, 6.07) is 0. The smallest absolute Gasteiger partial charge is 0.462 e. The summed E-state index contributed by atoms with van der Waals surface area (Å²) >= 11 is 0. The van der Waals surface area contributed by atoms with Crippen LogP contribution in [0.5, 0.6) is 0 Å². The van der Waals surface area contributed by atoms with Gasteiger partial charge in [-0.05, 0) is 43.4 Å². The van der Waals surface area contributed by atoms with E-state index in [0.717, 1.165) is 108 Å². The number of aliphatic hydroxyl groups excluding tert-OH is 1. The minimum absolute atomic E-state index is 0.106. The molecule has 0 heterocycles. The minimum atomic E-state index is -4.95. The quantitative estimate of drug-likeness (QED) is 0.0222. The molecule has 0 radical (unpaired) electrons. The first kappa shape index (κ1) is 90.1. The van der Waals surface area contributed by atoms with E-state index in [0.29, 0.717) is 25.7 Å². The van der Waals surface area contributed by atoms with Crippen LogP contribution in [0.2, 0.25) is 0 Å². The molecule has 0 bridgehead atoms. The number of carbonyl (C=O) groups excluding carboxylic acids is 4. The highest BCUT2D eigenvalue weighted by Gasteiger charge is 2.30. The van der Waals surface area contributed by atoms with Gasteiger partial charge in [0.05, 0.1) is 26.4 Å². The van der Waals surface area contributed by atoms with Crippen LogP contribution in [0.1, 0.15) is 370 Å². The van der Waals surface area contributed by atoms with Crippen LogP contribution in [0.3, 0.4) is 0 Å². The molecule has 0 aromatic rings. The normalized spacial score (nSPS) is 14.1. The molecule has 92 heavy (non-hydrogen) atoms. The molecule has 0 saturated heterocycles. The van der Waals surface area contributed by atoms with Gasteiger partial charge < -0.3 is 33.8 Å². The van der Waals surface area contributed by atoms with Gasteiger partial charge in [0.25, 0.3) is 0 Å². The number of carbonyl (C=O) groups is 4. The number of rotatable bonds is 71. The minimum Gasteiger partial charge on any atom is -0.462 e. The van der Waals surface area contributed by atoms with Gasteiger partial charge in [-0.25, -0.2) is 9.13 Å². The molecule has 2 unspecified atom stereocenters. The molecule has 0 aromatic carbocycles. The SMILES string of the molecule is CCCCCCCCCCCC(=O)OC[C@H](COP(=O)(O)OC[C@H](O)COP(=O)(O)OC[C@@H](COC(=O)CCCCCCCCCCCCCC(C)C)OC(=O)CCCCCCCCCCCCCCCC(C)C)OC(=O)CCCCCCCCCCCCC(C)C. The maximum atomic E-state index is 13.1. The second-order valence-corrected chi connectivity index (χ2v) is 30.7. The van der Waals surface area contributed by atoms with Crippen LogP contribution in [0.25, 0.3) is 0 Å². The van der Waals surface area contributed by atoms with Crippen LogP contribution >= 0.6 is 15.6 Å². The van der Waals surface area contributed by atoms with Crippen molar-refractivity contribution in [3.05, 3.63) is 0 Å². The Morgan fingerprint density at radius 3 is 0.739 bits per heavy atom. The monoisotopic (exact) mass is 1350 g/mol. The van der Waals surface area contributed by atoms with Gasteiger partial charge in [0.2, 0.25) is 0 Å². The third-order valence-corrected chi connectivity index (χ3v) is 18.8. The number of aliphatic hydroxyl groups is 1. The number of phosphoric ester groups is 2. The summed E-state index contributed by atoms with van der Waals surface area (Å²) in [5.74, 6) is 0.188. The molecule has 0 saturated carbocycles. The van der Waals surface area contributed by atoms with Gasteiger partial charge in [0, 0.05) is 25.7 Å². The van der Waals surface area contributed by atoms with Gasteiger partial charge in [-0.2, -0.15) is 0 Å². The van der Waals surface area contributed by atoms with Crippen molar-refractivity contribution in [2.24, 2.45) is 17.8 Å². The van der Waals surface area contributed by atoms with Gasteiger partial charge >= 0.3 is 39.5 Å². The topological polar surface area (TPSA) is 237 Å². The molecule has 0 fully saturated rings. The van der Waals surface area contributed by atoms with E-state index in [9.17, 15) is 43.2 Å². The highest BCUT2D eigenvalue weighted by molar-refractivity contribution is 7.47. The Balaban J connectivity index is 5.24. The summed E-state index contributed by atoms with van der Waals surface area (Å²) < 4.78 is 68.4. The number of hydrogen-bond donors (Lipinski definition) is 3. The molecule has 0 rings (SSSR count). The van der Waals surface area contributed by atoms with Crippen LogP contribution in [-0.4, -0.2) is 96.7 Å². The van der Waals surface area contributed by atoms with Gasteiger partial charge in [-0.1, -0.05) is 318 Å². The van der Waals surface area contributed by atoms with E-state index < -0.39 is 97.5 Å². The molecule has 0 aliphatic heterocycles. The molecule has 0 spiro atoms. The van der Waals surface area contributed by atoms with Crippen molar-refractivity contribution in [2.45, 2.75) is 388 Å². The van der Waals surface area contributed by atoms with E-state index in [1.54, 1.807) is 0 Å². The lowest BCUT2D eigenvalue weighted by atomic mass is 10.0. The van der Waals surface area contributed by atoms with Crippen molar-refractivity contribution in [2.75, 3.05) is 39.6 Å². The van der Waals surface area contributed by atoms with Crippen LogP contribution < -0.4 is 0 Å². The first-order chi connectivity index (χ1) is 44.2. The highest BCUT2D eigenvalue weighted by Crippen LogP contribution is 2.45. The summed E-state index contributed by atoms with van der Waals surface area (Å²) in [4.78, 5) is 72.7. The zero-order valence-electron chi connectivity index (χ0n) is 60.0. The van der Waals surface area contributed by atoms with Crippen LogP contribution in [0.4, 0.5) is 0 Å². The average molecular weight is 1350 g/mol. The first-order valence-corrected chi connectivity index (χ1v) is 40.8. The summed E-state index contributed by atoms with van der Waals surface area (Å²) in [7, 11) is -9.91. The van der Waals surface area contributed by atoms with Crippen LogP contribution in [0, 0.1) is 17.8 Å². The standard InChI is InChI=1S/C73H142O17P2/c1-8-9-10-11-12-23-33-40-47-54-70(75)83-60-68(90-73(78)57-50-43-36-29-22-21-26-32-39-46-53-66(6)7)62-87-91(79,80)85-58-67(74)59-86-92(81,82)88-63-69(61-84-71(76)55-48-41-34-27-20-16-18-25-31-38-45-52-65(4)5)89-72(77)56-49-42-35-28-19-15-13-14-17-24-30-37-44-51-64(2)3/h64-69,74H,8-63H2,1-7H3,(H,79,80)(H,81,82)/t67-,68+,69+/m0/s1. The van der Waals surface area contributed by atoms with Gasteiger partial charge in [0.15, 0.2) is 12.2 Å². The number of hydrogen-bond acceptors (Lipinski definition) is 15. The zero-order valence-corrected chi connectivity index (χ0v) is 61.8. The van der Waals surface area contributed by atoms with E-state index in [1.807, 2.05) is 0 Å². The highest BCUT2D eigenvalue weighted by atomic mass is 31.2. The lowest BCUT2D eigenvalue weighted by Gasteiger charge is -2.21. The fourth-order valence-corrected chi connectivity index (χ4v) is 12.7. The molecule has 17 nitrogen and oxygen atoms in total. The molecule has 3 N–H and O–H groups in total. The van der Waals surface area contributed by atoms with Crippen LogP contribution in [-0.2, 0) is 65.4 Å². The lowest BCUT2D eigenvalue weighted by Crippen LogP contribution is -2.30. The number of phosphoric acid groups is 2. The Morgan fingerprint density at radius 1 is 0.293 bits per heavy atom. The molecule has 0 amide bonds. The molecule has 5 atom stereocenters. The van der Waals surface area contributed by atoms with E-state index in [-0.39, 0.29) is 25.7 Å². The molecular formula is C73H142O17P2. The lowest BCUT2D eigenvalue weighted by molar-refractivity contribution is -0.161. The second kappa shape index (κ2) is 63.8. The van der Waals surface area contributed by atoms with Crippen molar-refractivity contribution >= 4 is 39.5 Å². The van der Waals surface area contributed by atoms with Gasteiger partial charge in [0.1, 0.15) is 19.3 Å². The van der Waals surface area contributed by atoms with Crippen molar-refractivity contribution in [1.29, 1.82) is 0 Å². The maximum absolute atomic E-state index is 13.1. The summed E-state index contributed by atoms with van der Waals surface area (Å²) in [5, 5.41) is 10.6. The molecule has 0 aliphatic rings. The predicted molar refractivity (Wildman–Crippen MR) is 372 cm³/mol. The Hall–Kier alpha value is -1.94. The Kier molecular flexibility index (Phi) is 62.4. The van der Waals surface area contributed by atoms with Crippen molar-refractivity contribution in [3.8, 4) is 0 Å². The van der Waals surface area contributed by atoms with E-state index in [4.69, 9.17) is 37.0 Å². The third-order valence-electron chi connectivity index (χ3n) is 16.9. The summed E-state index contributed by atoms with van der Waals surface area (Å²) in [5.41, 5.74) is 0. The molecular weight excluding hydrogens is 1210 g/mol. The third kappa shape index (κ3) is 66.7. The van der Waals surface area contributed by atoms with Gasteiger partial charge in [-0.3, -0.25) is 37.3 Å². The largest absolute Gasteiger partial charge is 0.472 e. The van der Waals surface area contributed by atoms with Gasteiger partial charge in [-0.15, -0.1) is 0 Å². The Morgan fingerprint density at radius 2 is 0.500 bits per heavy atom.